The second kappa shape index (κ2) is 7.52. The van der Waals surface area contributed by atoms with E-state index in [1.165, 1.54) is 12.1 Å². The fourth-order valence-corrected chi connectivity index (χ4v) is 3.40. The van der Waals surface area contributed by atoms with Gasteiger partial charge in [-0.3, -0.25) is 14.9 Å². The maximum atomic E-state index is 13.2. The van der Waals surface area contributed by atoms with Gasteiger partial charge in [-0.1, -0.05) is 60.7 Å². The van der Waals surface area contributed by atoms with Crippen LogP contribution in [0.4, 0.5) is 11.4 Å². The molecule has 1 N–H and O–H groups in total. The molecule has 4 rings (SSSR count). The first-order valence-electron chi connectivity index (χ1n) is 9.06. The van der Waals surface area contributed by atoms with Crippen molar-refractivity contribution in [2.24, 2.45) is 0 Å². The third kappa shape index (κ3) is 3.43. The Labute approximate surface area is 167 Å². The van der Waals surface area contributed by atoms with E-state index in [1.807, 2.05) is 61.5 Å². The molecule has 4 aromatic rings. The smallest absolute Gasteiger partial charge is 0.292 e. The largest absolute Gasteiger partial charge is 0.316 e. The van der Waals surface area contributed by atoms with E-state index in [0.29, 0.717) is 27.7 Å². The highest BCUT2D eigenvalue weighted by molar-refractivity contribution is 6.15. The van der Waals surface area contributed by atoms with Crippen LogP contribution in [0.1, 0.15) is 15.9 Å². The van der Waals surface area contributed by atoms with E-state index in [2.05, 4.69) is 5.32 Å². The van der Waals surface area contributed by atoms with Crippen LogP contribution in [-0.2, 0) is 0 Å². The SMILES string of the molecule is Cc1c(-c2ccccc2)nc2ccccc2c1C(=O)Nc1ccccc1[N+](=O)[O-]. The molecule has 0 saturated heterocycles. The minimum absolute atomic E-state index is 0.153. The van der Waals surface area contributed by atoms with E-state index in [0.717, 1.165) is 5.56 Å². The molecule has 0 bridgehead atoms. The molecular formula is C23H17N3O3. The lowest BCUT2D eigenvalue weighted by molar-refractivity contribution is -0.383. The molecule has 0 aliphatic heterocycles. The van der Waals surface area contributed by atoms with Gasteiger partial charge in [0.15, 0.2) is 0 Å². The van der Waals surface area contributed by atoms with Gasteiger partial charge in [-0.05, 0) is 24.6 Å². The number of fused-ring (bicyclic) bond motifs is 1. The number of benzene rings is 3. The molecule has 142 valence electrons. The molecule has 0 unspecified atom stereocenters. The molecule has 1 heterocycles. The number of anilines is 1. The van der Waals surface area contributed by atoms with Crippen LogP contribution < -0.4 is 5.32 Å². The third-order valence-electron chi connectivity index (χ3n) is 4.76. The van der Waals surface area contributed by atoms with Crippen molar-refractivity contribution >= 4 is 28.2 Å². The monoisotopic (exact) mass is 383 g/mol. The quantitative estimate of drug-likeness (QED) is 0.379. The predicted octanol–water partition coefficient (Wildman–Crippen LogP) is 5.37. The second-order valence-corrected chi connectivity index (χ2v) is 6.57. The predicted molar refractivity (Wildman–Crippen MR) is 113 cm³/mol. The average Bonchev–Trinajstić information content (AvgIpc) is 2.74. The minimum atomic E-state index is -0.511. The highest BCUT2D eigenvalue weighted by Crippen LogP contribution is 2.31. The molecule has 0 aliphatic rings. The van der Waals surface area contributed by atoms with Crippen molar-refractivity contribution < 1.29 is 9.72 Å². The fourth-order valence-electron chi connectivity index (χ4n) is 3.40. The van der Waals surface area contributed by atoms with Crippen molar-refractivity contribution in [3.8, 4) is 11.3 Å². The van der Waals surface area contributed by atoms with Gasteiger partial charge in [0.05, 0.1) is 21.7 Å². The van der Waals surface area contributed by atoms with Crippen LogP contribution in [0.25, 0.3) is 22.2 Å². The number of rotatable bonds is 4. The zero-order valence-corrected chi connectivity index (χ0v) is 15.6. The Morgan fingerprint density at radius 1 is 0.931 bits per heavy atom. The maximum Gasteiger partial charge on any atom is 0.292 e. The van der Waals surface area contributed by atoms with Gasteiger partial charge in [-0.2, -0.15) is 0 Å². The van der Waals surface area contributed by atoms with Crippen molar-refractivity contribution in [3.05, 3.63) is 100 Å². The summed E-state index contributed by atoms with van der Waals surface area (Å²) in [5.41, 5.74) is 3.46. The summed E-state index contributed by atoms with van der Waals surface area (Å²) in [6, 6.07) is 23.1. The summed E-state index contributed by atoms with van der Waals surface area (Å²) in [7, 11) is 0. The van der Waals surface area contributed by atoms with Crippen LogP contribution in [0.2, 0.25) is 0 Å². The fraction of sp³-hybridized carbons (Fsp3) is 0.0435. The summed E-state index contributed by atoms with van der Waals surface area (Å²) >= 11 is 0. The molecule has 6 nitrogen and oxygen atoms in total. The van der Waals surface area contributed by atoms with Crippen molar-refractivity contribution in [2.75, 3.05) is 5.32 Å². The van der Waals surface area contributed by atoms with Gasteiger partial charge >= 0.3 is 0 Å². The second-order valence-electron chi connectivity index (χ2n) is 6.57. The molecule has 1 amide bonds. The number of aromatic nitrogens is 1. The minimum Gasteiger partial charge on any atom is -0.316 e. The lowest BCUT2D eigenvalue weighted by Crippen LogP contribution is -2.16. The standard InChI is InChI=1S/C23H17N3O3/c1-15-21(23(27)25-19-13-7-8-14-20(19)26(28)29)17-11-5-6-12-18(17)24-22(15)16-9-3-2-4-10-16/h2-14H,1H3,(H,25,27). The van der Waals surface area contributed by atoms with E-state index < -0.39 is 10.8 Å². The number of hydrogen-bond acceptors (Lipinski definition) is 4. The van der Waals surface area contributed by atoms with E-state index in [-0.39, 0.29) is 11.4 Å². The lowest BCUT2D eigenvalue weighted by Gasteiger charge is -2.15. The van der Waals surface area contributed by atoms with Gasteiger partial charge in [-0.25, -0.2) is 4.98 Å². The first kappa shape index (κ1) is 18.3. The zero-order chi connectivity index (χ0) is 20.4. The summed E-state index contributed by atoms with van der Waals surface area (Å²) in [5.74, 6) is -0.410. The lowest BCUT2D eigenvalue weighted by atomic mass is 9.97. The number of nitrogens with zero attached hydrogens (tertiary/aromatic N) is 2. The number of carbonyl (C=O) groups excluding carboxylic acids is 1. The van der Waals surface area contributed by atoms with Gasteiger partial charge < -0.3 is 5.32 Å². The molecule has 1 aromatic heterocycles. The number of nitro groups is 1. The first-order valence-corrected chi connectivity index (χ1v) is 9.06. The normalized spacial score (nSPS) is 10.7. The van der Waals surface area contributed by atoms with Gasteiger partial charge in [0.1, 0.15) is 5.69 Å². The van der Waals surface area contributed by atoms with Crippen molar-refractivity contribution in [2.45, 2.75) is 6.92 Å². The number of pyridine rings is 1. The van der Waals surface area contributed by atoms with Crippen molar-refractivity contribution in [3.63, 3.8) is 0 Å². The molecular weight excluding hydrogens is 366 g/mol. The van der Waals surface area contributed by atoms with Gasteiger partial charge in [-0.15, -0.1) is 0 Å². The maximum absolute atomic E-state index is 13.2. The van der Waals surface area contributed by atoms with Crippen LogP contribution in [0.15, 0.2) is 78.9 Å². The van der Waals surface area contributed by atoms with Crippen LogP contribution >= 0.6 is 0 Å². The first-order chi connectivity index (χ1) is 14.1. The molecule has 0 saturated carbocycles. The van der Waals surface area contributed by atoms with Crippen molar-refractivity contribution in [1.29, 1.82) is 0 Å². The molecule has 0 aliphatic carbocycles. The Morgan fingerprint density at radius 3 is 2.34 bits per heavy atom. The number of carbonyl (C=O) groups is 1. The topological polar surface area (TPSA) is 85.1 Å². The molecule has 0 radical (unpaired) electrons. The average molecular weight is 383 g/mol. The van der Waals surface area contributed by atoms with Gasteiger partial charge in [0.2, 0.25) is 0 Å². The van der Waals surface area contributed by atoms with E-state index >= 15 is 0 Å². The van der Waals surface area contributed by atoms with Gasteiger partial charge in [0, 0.05) is 17.0 Å². The number of para-hydroxylation sites is 3. The van der Waals surface area contributed by atoms with E-state index in [9.17, 15) is 14.9 Å². The molecule has 3 aromatic carbocycles. The number of nitro benzene ring substituents is 1. The van der Waals surface area contributed by atoms with Gasteiger partial charge in [0.25, 0.3) is 11.6 Å². The molecule has 0 spiro atoms. The Morgan fingerprint density at radius 2 is 1.59 bits per heavy atom. The van der Waals surface area contributed by atoms with Crippen LogP contribution in [0.3, 0.4) is 0 Å². The molecule has 0 fully saturated rings. The van der Waals surface area contributed by atoms with Crippen molar-refractivity contribution in [1.82, 2.24) is 4.98 Å². The number of hydrogen-bond donors (Lipinski definition) is 1. The summed E-state index contributed by atoms with van der Waals surface area (Å²) in [5, 5.41) is 14.7. The molecule has 6 heteroatoms. The summed E-state index contributed by atoms with van der Waals surface area (Å²) in [6.07, 6.45) is 0. The van der Waals surface area contributed by atoms with E-state index in [1.54, 1.807) is 12.1 Å². The zero-order valence-electron chi connectivity index (χ0n) is 15.6. The number of amides is 1. The summed E-state index contributed by atoms with van der Waals surface area (Å²) in [6.45, 7) is 1.84. The highest BCUT2D eigenvalue weighted by Gasteiger charge is 2.21. The summed E-state index contributed by atoms with van der Waals surface area (Å²) < 4.78 is 0. The Hall–Kier alpha value is -4.06. The summed E-state index contributed by atoms with van der Waals surface area (Å²) in [4.78, 5) is 28.8. The highest BCUT2D eigenvalue weighted by atomic mass is 16.6. The Kier molecular flexibility index (Phi) is 4.75. The molecule has 29 heavy (non-hydrogen) atoms. The third-order valence-corrected chi connectivity index (χ3v) is 4.76. The van der Waals surface area contributed by atoms with Crippen LogP contribution in [0.5, 0.6) is 0 Å². The Balaban J connectivity index is 1.88. The van der Waals surface area contributed by atoms with Crippen LogP contribution in [-0.4, -0.2) is 15.8 Å². The Bertz CT molecular complexity index is 1240. The number of nitrogens with one attached hydrogen (secondary N) is 1. The molecule has 0 atom stereocenters. The van der Waals surface area contributed by atoms with Crippen LogP contribution in [0, 0.1) is 17.0 Å². The van der Waals surface area contributed by atoms with E-state index in [4.69, 9.17) is 4.98 Å².